The second-order valence-electron chi connectivity index (χ2n) is 5.83. The summed E-state index contributed by atoms with van der Waals surface area (Å²) in [6.07, 6.45) is 2.29. The zero-order valence-corrected chi connectivity index (χ0v) is 13.8. The van der Waals surface area contributed by atoms with Crippen LogP contribution in [0, 0.1) is 0 Å². The van der Waals surface area contributed by atoms with Crippen LogP contribution in [0.1, 0.15) is 49.9 Å². The topological polar surface area (TPSA) is 29.3 Å². The van der Waals surface area contributed by atoms with Crippen molar-refractivity contribution in [3.05, 3.63) is 71.8 Å². The number of hydrogen-bond donors (Lipinski definition) is 1. The maximum atomic E-state index is 6.69. The normalized spacial score (nSPS) is 14.0. The number of benzene rings is 2. The number of nitrogens with two attached hydrogens (primary N) is 1. The van der Waals surface area contributed by atoms with Crippen LogP contribution >= 0.6 is 0 Å². The lowest BCUT2D eigenvalue weighted by Crippen LogP contribution is -2.37. The molecule has 0 saturated carbocycles. The van der Waals surface area contributed by atoms with Gasteiger partial charge >= 0.3 is 0 Å². The largest absolute Gasteiger partial charge is 0.322 e. The standard InChI is InChI=1S/C20H28N2/c1-3-15-22(16-4-2)20(18-13-9-6-10-14-18)19(21)17-11-7-5-8-12-17/h5-14,19-20H,3-4,15-16,21H2,1-2H3/t19-,20-/m1/s1. The van der Waals surface area contributed by atoms with Crippen molar-refractivity contribution in [2.24, 2.45) is 5.73 Å². The van der Waals surface area contributed by atoms with E-state index in [1.54, 1.807) is 0 Å². The van der Waals surface area contributed by atoms with Gasteiger partial charge in [0.1, 0.15) is 0 Å². The summed E-state index contributed by atoms with van der Waals surface area (Å²) in [4.78, 5) is 2.53. The van der Waals surface area contributed by atoms with Gasteiger partial charge in [0.2, 0.25) is 0 Å². The van der Waals surface area contributed by atoms with Crippen LogP contribution in [0.5, 0.6) is 0 Å². The zero-order valence-electron chi connectivity index (χ0n) is 13.8. The summed E-state index contributed by atoms with van der Waals surface area (Å²) >= 11 is 0. The van der Waals surface area contributed by atoms with Crippen LogP contribution in [0.4, 0.5) is 0 Å². The molecule has 0 saturated heterocycles. The van der Waals surface area contributed by atoms with Gasteiger partial charge in [0.05, 0.1) is 6.04 Å². The molecular formula is C20H28N2. The third kappa shape index (κ3) is 4.19. The van der Waals surface area contributed by atoms with Gasteiger partial charge in [-0.15, -0.1) is 0 Å². The quantitative estimate of drug-likeness (QED) is 0.774. The van der Waals surface area contributed by atoms with E-state index in [1.165, 1.54) is 11.1 Å². The van der Waals surface area contributed by atoms with E-state index >= 15 is 0 Å². The molecule has 118 valence electrons. The van der Waals surface area contributed by atoms with Crippen molar-refractivity contribution < 1.29 is 0 Å². The predicted octanol–water partition coefficient (Wildman–Crippen LogP) is 4.55. The van der Waals surface area contributed by atoms with Crippen molar-refractivity contribution in [1.82, 2.24) is 4.90 Å². The summed E-state index contributed by atoms with van der Waals surface area (Å²) in [6, 6.07) is 21.4. The average molecular weight is 296 g/mol. The minimum Gasteiger partial charge on any atom is -0.322 e. The van der Waals surface area contributed by atoms with Gasteiger partial charge in [0.15, 0.2) is 0 Å². The summed E-state index contributed by atoms with van der Waals surface area (Å²) in [6.45, 7) is 6.62. The Balaban J connectivity index is 2.36. The van der Waals surface area contributed by atoms with Crippen molar-refractivity contribution in [3.63, 3.8) is 0 Å². The Morgan fingerprint density at radius 3 is 1.68 bits per heavy atom. The molecule has 22 heavy (non-hydrogen) atoms. The third-order valence-corrected chi connectivity index (χ3v) is 4.08. The lowest BCUT2D eigenvalue weighted by atomic mass is 9.92. The van der Waals surface area contributed by atoms with Gasteiger partial charge in [0.25, 0.3) is 0 Å². The van der Waals surface area contributed by atoms with Gasteiger partial charge in [-0.3, -0.25) is 4.90 Å². The summed E-state index contributed by atoms with van der Waals surface area (Å²) < 4.78 is 0. The van der Waals surface area contributed by atoms with Crippen molar-refractivity contribution in [2.75, 3.05) is 13.1 Å². The Kier molecular flexibility index (Phi) is 6.63. The smallest absolute Gasteiger partial charge is 0.0541 e. The van der Waals surface area contributed by atoms with Gasteiger partial charge in [-0.2, -0.15) is 0 Å². The monoisotopic (exact) mass is 296 g/mol. The van der Waals surface area contributed by atoms with Gasteiger partial charge in [-0.25, -0.2) is 0 Å². The Morgan fingerprint density at radius 1 is 0.773 bits per heavy atom. The van der Waals surface area contributed by atoms with Crippen LogP contribution < -0.4 is 5.73 Å². The molecule has 0 fully saturated rings. The maximum absolute atomic E-state index is 6.69. The fourth-order valence-corrected chi connectivity index (χ4v) is 3.12. The van der Waals surface area contributed by atoms with Gasteiger partial charge in [-0.1, -0.05) is 74.5 Å². The van der Waals surface area contributed by atoms with Gasteiger partial charge in [-0.05, 0) is 37.1 Å². The highest BCUT2D eigenvalue weighted by Crippen LogP contribution is 2.32. The van der Waals surface area contributed by atoms with Crippen LogP contribution in [0.3, 0.4) is 0 Å². The van der Waals surface area contributed by atoms with E-state index in [0.717, 1.165) is 25.9 Å². The number of nitrogens with zero attached hydrogens (tertiary/aromatic N) is 1. The molecule has 0 aliphatic heterocycles. The van der Waals surface area contributed by atoms with Crippen LogP contribution in [-0.2, 0) is 0 Å². The van der Waals surface area contributed by atoms with Crippen molar-refractivity contribution >= 4 is 0 Å². The van der Waals surface area contributed by atoms with E-state index in [0.29, 0.717) is 0 Å². The first-order valence-electron chi connectivity index (χ1n) is 8.37. The van der Waals surface area contributed by atoms with Crippen LogP contribution in [-0.4, -0.2) is 18.0 Å². The Morgan fingerprint density at radius 2 is 1.23 bits per heavy atom. The lowest BCUT2D eigenvalue weighted by Gasteiger charge is -2.36. The highest BCUT2D eigenvalue weighted by molar-refractivity contribution is 5.27. The first kappa shape index (κ1) is 16.7. The average Bonchev–Trinajstić information content (AvgIpc) is 2.57. The molecule has 0 bridgehead atoms. The van der Waals surface area contributed by atoms with Gasteiger partial charge < -0.3 is 5.73 Å². The summed E-state index contributed by atoms with van der Waals surface area (Å²) in [5.74, 6) is 0. The Bertz CT molecular complexity index is 518. The molecule has 2 N–H and O–H groups in total. The zero-order chi connectivity index (χ0) is 15.8. The molecule has 0 unspecified atom stereocenters. The van der Waals surface area contributed by atoms with Crippen LogP contribution in [0.15, 0.2) is 60.7 Å². The molecule has 0 aliphatic rings. The third-order valence-electron chi connectivity index (χ3n) is 4.08. The van der Waals surface area contributed by atoms with Crippen LogP contribution in [0.25, 0.3) is 0 Å². The SMILES string of the molecule is CCCN(CCC)[C@H](c1ccccc1)[C@H](N)c1ccccc1. The van der Waals surface area contributed by atoms with Crippen molar-refractivity contribution in [1.29, 1.82) is 0 Å². The predicted molar refractivity (Wildman–Crippen MR) is 94.7 cm³/mol. The molecular weight excluding hydrogens is 268 g/mol. The molecule has 0 aliphatic carbocycles. The van der Waals surface area contributed by atoms with Crippen molar-refractivity contribution in [3.8, 4) is 0 Å². The fraction of sp³-hybridized carbons (Fsp3) is 0.400. The maximum Gasteiger partial charge on any atom is 0.0541 e. The lowest BCUT2D eigenvalue weighted by molar-refractivity contribution is 0.171. The molecule has 0 amide bonds. The molecule has 2 aromatic rings. The first-order valence-corrected chi connectivity index (χ1v) is 8.37. The molecule has 2 nitrogen and oxygen atoms in total. The molecule has 0 aromatic heterocycles. The molecule has 2 atom stereocenters. The molecule has 0 spiro atoms. The highest BCUT2D eigenvalue weighted by Gasteiger charge is 2.26. The minimum atomic E-state index is -0.0123. The Labute approximate surface area is 135 Å². The second-order valence-corrected chi connectivity index (χ2v) is 5.83. The van der Waals surface area contributed by atoms with Crippen LogP contribution in [0.2, 0.25) is 0 Å². The van der Waals surface area contributed by atoms with E-state index in [-0.39, 0.29) is 12.1 Å². The van der Waals surface area contributed by atoms with E-state index in [4.69, 9.17) is 5.73 Å². The minimum absolute atomic E-state index is 0.0123. The Hall–Kier alpha value is -1.64. The summed E-state index contributed by atoms with van der Waals surface area (Å²) in [5, 5.41) is 0. The highest BCUT2D eigenvalue weighted by atomic mass is 15.2. The summed E-state index contributed by atoms with van der Waals surface area (Å²) in [5.41, 5.74) is 9.20. The molecule has 2 heteroatoms. The molecule has 2 rings (SSSR count). The van der Waals surface area contributed by atoms with Gasteiger partial charge in [0, 0.05) is 6.04 Å². The fourth-order valence-electron chi connectivity index (χ4n) is 3.12. The molecule has 2 aromatic carbocycles. The number of rotatable bonds is 8. The van der Waals surface area contributed by atoms with E-state index < -0.39 is 0 Å². The molecule has 0 radical (unpaired) electrons. The van der Waals surface area contributed by atoms with Crippen molar-refractivity contribution in [2.45, 2.75) is 38.8 Å². The number of hydrogen-bond acceptors (Lipinski definition) is 2. The van der Waals surface area contributed by atoms with E-state index in [1.807, 2.05) is 6.07 Å². The first-order chi connectivity index (χ1) is 10.8. The molecule has 0 heterocycles. The summed E-state index contributed by atoms with van der Waals surface area (Å²) in [7, 11) is 0. The van der Waals surface area contributed by atoms with E-state index in [2.05, 4.69) is 73.3 Å². The van der Waals surface area contributed by atoms with E-state index in [9.17, 15) is 0 Å². The second kappa shape index (κ2) is 8.72.